The van der Waals surface area contributed by atoms with Crippen molar-refractivity contribution < 1.29 is 8.42 Å². The summed E-state index contributed by atoms with van der Waals surface area (Å²) in [5.41, 5.74) is 0.498. The Bertz CT molecular complexity index is 512. The highest BCUT2D eigenvalue weighted by molar-refractivity contribution is 7.91. The Morgan fingerprint density at radius 2 is 2.18 bits per heavy atom. The Labute approximate surface area is 111 Å². The van der Waals surface area contributed by atoms with Crippen LogP contribution < -0.4 is 0 Å². The van der Waals surface area contributed by atoms with E-state index in [0.29, 0.717) is 12.2 Å². The SMILES string of the molecule is Cc1nc(Cl)sc1S(=O)(=O)N1CCCCC1C. The topological polar surface area (TPSA) is 50.3 Å². The molecule has 1 aromatic rings. The van der Waals surface area contributed by atoms with Crippen molar-refractivity contribution >= 4 is 33.0 Å². The van der Waals surface area contributed by atoms with Crippen molar-refractivity contribution in [3.8, 4) is 0 Å². The van der Waals surface area contributed by atoms with Crippen LogP contribution in [0, 0.1) is 6.92 Å². The van der Waals surface area contributed by atoms with Gasteiger partial charge in [-0.2, -0.15) is 4.31 Å². The Hall–Kier alpha value is -0.170. The molecule has 96 valence electrons. The molecule has 1 aromatic heterocycles. The van der Waals surface area contributed by atoms with Gasteiger partial charge in [0.1, 0.15) is 0 Å². The van der Waals surface area contributed by atoms with Gasteiger partial charge in [0.15, 0.2) is 8.68 Å². The highest BCUT2D eigenvalue weighted by atomic mass is 35.5. The maximum absolute atomic E-state index is 12.5. The smallest absolute Gasteiger partial charge is 0.229 e. The van der Waals surface area contributed by atoms with E-state index in [9.17, 15) is 8.42 Å². The number of aryl methyl sites for hydroxylation is 1. The lowest BCUT2D eigenvalue weighted by Gasteiger charge is -2.31. The zero-order valence-electron chi connectivity index (χ0n) is 9.81. The zero-order valence-corrected chi connectivity index (χ0v) is 12.2. The largest absolute Gasteiger partial charge is 0.254 e. The van der Waals surface area contributed by atoms with Gasteiger partial charge in [0, 0.05) is 12.6 Å². The average Bonchev–Trinajstić information content (AvgIpc) is 2.59. The Morgan fingerprint density at radius 3 is 2.71 bits per heavy atom. The van der Waals surface area contributed by atoms with Crippen LogP contribution in [0.15, 0.2) is 4.21 Å². The number of halogens is 1. The molecule has 0 aliphatic carbocycles. The van der Waals surface area contributed by atoms with Crippen LogP contribution >= 0.6 is 22.9 Å². The van der Waals surface area contributed by atoms with Gasteiger partial charge in [0.25, 0.3) is 10.0 Å². The van der Waals surface area contributed by atoms with E-state index < -0.39 is 10.0 Å². The van der Waals surface area contributed by atoms with Crippen LogP contribution in [-0.4, -0.2) is 30.3 Å². The van der Waals surface area contributed by atoms with E-state index in [1.165, 1.54) is 0 Å². The van der Waals surface area contributed by atoms with Gasteiger partial charge in [-0.05, 0) is 26.7 Å². The fraction of sp³-hybridized carbons (Fsp3) is 0.700. The number of aromatic nitrogens is 1. The molecule has 7 heteroatoms. The van der Waals surface area contributed by atoms with Crippen molar-refractivity contribution in [3.05, 3.63) is 10.2 Å². The number of nitrogens with zero attached hydrogens (tertiary/aromatic N) is 2. The van der Waals surface area contributed by atoms with Crippen molar-refractivity contribution in [2.24, 2.45) is 0 Å². The maximum atomic E-state index is 12.5. The van der Waals surface area contributed by atoms with E-state index >= 15 is 0 Å². The second kappa shape index (κ2) is 4.84. The second-order valence-corrected chi connectivity index (χ2v) is 7.97. The molecule has 1 fully saturated rings. The lowest BCUT2D eigenvalue weighted by Crippen LogP contribution is -2.41. The Morgan fingerprint density at radius 1 is 1.47 bits per heavy atom. The molecular formula is C10H15ClN2O2S2. The van der Waals surface area contributed by atoms with E-state index in [-0.39, 0.29) is 14.7 Å². The van der Waals surface area contributed by atoms with Gasteiger partial charge < -0.3 is 0 Å². The third kappa shape index (κ3) is 2.50. The van der Waals surface area contributed by atoms with Crippen LogP contribution in [0.1, 0.15) is 31.9 Å². The normalized spacial score (nSPS) is 22.9. The molecule has 1 aliphatic rings. The number of hydrogen-bond donors (Lipinski definition) is 0. The summed E-state index contributed by atoms with van der Waals surface area (Å²) in [7, 11) is -3.42. The molecule has 2 rings (SSSR count). The van der Waals surface area contributed by atoms with Crippen molar-refractivity contribution in [1.82, 2.24) is 9.29 Å². The first kappa shape index (κ1) is 13.3. The molecule has 1 aliphatic heterocycles. The standard InChI is InChI=1S/C10H15ClN2O2S2/c1-7-5-3-4-6-13(7)17(14,15)9-8(2)12-10(11)16-9/h7H,3-6H2,1-2H3. The quantitative estimate of drug-likeness (QED) is 0.842. The van der Waals surface area contributed by atoms with Gasteiger partial charge in [0.2, 0.25) is 0 Å². The summed E-state index contributed by atoms with van der Waals surface area (Å²) in [6.07, 6.45) is 2.94. The monoisotopic (exact) mass is 294 g/mol. The van der Waals surface area contributed by atoms with Crippen LogP contribution in [0.5, 0.6) is 0 Å². The summed E-state index contributed by atoms with van der Waals surface area (Å²) < 4.78 is 27.1. The van der Waals surface area contributed by atoms with Gasteiger partial charge in [0.05, 0.1) is 5.69 Å². The summed E-state index contributed by atoms with van der Waals surface area (Å²) in [6, 6.07) is 0.0639. The van der Waals surface area contributed by atoms with E-state index in [2.05, 4.69) is 4.98 Å². The first-order chi connectivity index (χ1) is 7.93. The molecule has 0 saturated carbocycles. The number of rotatable bonds is 2. The fourth-order valence-electron chi connectivity index (χ4n) is 2.13. The summed E-state index contributed by atoms with van der Waals surface area (Å²) >= 11 is 6.81. The molecule has 1 atom stereocenters. The summed E-state index contributed by atoms with van der Waals surface area (Å²) in [6.45, 7) is 4.23. The third-order valence-electron chi connectivity index (χ3n) is 3.01. The zero-order chi connectivity index (χ0) is 12.6. The maximum Gasteiger partial charge on any atom is 0.254 e. The molecule has 0 radical (unpaired) electrons. The van der Waals surface area contributed by atoms with Gasteiger partial charge in [-0.15, -0.1) is 0 Å². The lowest BCUT2D eigenvalue weighted by molar-refractivity contribution is 0.269. The van der Waals surface area contributed by atoms with Gasteiger partial charge in [-0.25, -0.2) is 13.4 Å². The highest BCUT2D eigenvalue weighted by Gasteiger charge is 2.33. The molecule has 4 nitrogen and oxygen atoms in total. The number of piperidine rings is 1. The van der Waals surface area contributed by atoms with Crippen LogP contribution in [0.25, 0.3) is 0 Å². The first-order valence-corrected chi connectivity index (χ1v) is 8.21. The summed E-state index contributed by atoms with van der Waals surface area (Å²) in [4.78, 5) is 3.98. The van der Waals surface area contributed by atoms with Crippen LogP contribution in [0.4, 0.5) is 0 Å². The minimum absolute atomic E-state index is 0.0639. The van der Waals surface area contributed by atoms with Crippen molar-refractivity contribution in [3.63, 3.8) is 0 Å². The van der Waals surface area contributed by atoms with Crippen molar-refractivity contribution in [1.29, 1.82) is 0 Å². The molecule has 0 spiro atoms. The molecule has 17 heavy (non-hydrogen) atoms. The van der Waals surface area contributed by atoms with Crippen molar-refractivity contribution in [2.75, 3.05) is 6.54 Å². The van der Waals surface area contributed by atoms with Gasteiger partial charge >= 0.3 is 0 Å². The molecule has 0 amide bonds. The first-order valence-electron chi connectivity index (χ1n) is 5.57. The lowest BCUT2D eigenvalue weighted by atomic mass is 10.1. The van der Waals surface area contributed by atoms with E-state index in [0.717, 1.165) is 30.6 Å². The molecule has 0 bridgehead atoms. The van der Waals surface area contributed by atoms with Gasteiger partial charge in [-0.1, -0.05) is 29.4 Å². The minimum Gasteiger partial charge on any atom is -0.229 e. The van der Waals surface area contributed by atoms with Crippen molar-refractivity contribution in [2.45, 2.75) is 43.4 Å². The number of sulfonamides is 1. The molecule has 0 N–H and O–H groups in total. The van der Waals surface area contributed by atoms with Crippen LogP contribution in [0.3, 0.4) is 0 Å². The average molecular weight is 295 g/mol. The van der Waals surface area contributed by atoms with E-state index in [1.807, 2.05) is 6.92 Å². The minimum atomic E-state index is -3.42. The second-order valence-electron chi connectivity index (χ2n) is 4.30. The molecular weight excluding hydrogens is 280 g/mol. The van der Waals surface area contributed by atoms with Crippen LogP contribution in [-0.2, 0) is 10.0 Å². The Balaban J connectivity index is 2.39. The van der Waals surface area contributed by atoms with E-state index in [1.54, 1.807) is 11.2 Å². The summed E-state index contributed by atoms with van der Waals surface area (Å²) in [5, 5.41) is 0. The van der Waals surface area contributed by atoms with Crippen LogP contribution in [0.2, 0.25) is 4.47 Å². The molecule has 1 unspecified atom stereocenters. The van der Waals surface area contributed by atoms with Gasteiger partial charge in [-0.3, -0.25) is 0 Å². The number of hydrogen-bond acceptors (Lipinski definition) is 4. The molecule has 1 saturated heterocycles. The predicted molar refractivity (Wildman–Crippen MR) is 69.1 cm³/mol. The predicted octanol–water partition coefficient (Wildman–Crippen LogP) is 2.67. The van der Waals surface area contributed by atoms with E-state index in [4.69, 9.17) is 11.6 Å². The summed E-state index contributed by atoms with van der Waals surface area (Å²) in [5.74, 6) is 0. The molecule has 0 aromatic carbocycles. The third-order valence-corrected chi connectivity index (χ3v) is 6.88. The molecule has 2 heterocycles. The highest BCUT2D eigenvalue weighted by Crippen LogP contribution is 2.32. The Kier molecular flexibility index (Phi) is 3.77. The fourth-order valence-corrected chi connectivity index (χ4v) is 5.68. The number of thiazole rings is 1.